The highest BCUT2D eigenvalue weighted by Gasteiger charge is 2.71. The second kappa shape index (κ2) is 18.9. The third-order valence-electron chi connectivity index (χ3n) is 8.57. The van der Waals surface area contributed by atoms with Crippen molar-refractivity contribution in [3.8, 4) is 0 Å². The van der Waals surface area contributed by atoms with E-state index >= 15 is 0 Å². The van der Waals surface area contributed by atoms with E-state index in [1.807, 2.05) is 121 Å². The molecule has 0 saturated heterocycles. The van der Waals surface area contributed by atoms with Gasteiger partial charge in [-0.05, 0) is 35.4 Å². The fourth-order valence-electron chi connectivity index (χ4n) is 6.45. The Hall–Kier alpha value is -4.69. The van der Waals surface area contributed by atoms with Gasteiger partial charge >= 0.3 is 17.9 Å². The Labute approximate surface area is 316 Å². The molecule has 278 valence electrons. The lowest BCUT2D eigenvalue weighted by Gasteiger charge is -2.53. The Morgan fingerprint density at radius 3 is 1.55 bits per heavy atom. The van der Waals surface area contributed by atoms with Crippen molar-refractivity contribution < 1.29 is 43.0 Å². The van der Waals surface area contributed by atoms with Crippen LogP contribution in [0.25, 0.3) is 0 Å². The van der Waals surface area contributed by atoms with E-state index in [4.69, 9.17) is 23.7 Å². The molecule has 1 aliphatic carbocycles. The number of nitrogens with zero attached hydrogens (tertiary/aromatic N) is 1. The van der Waals surface area contributed by atoms with Crippen molar-refractivity contribution in [1.82, 2.24) is 0 Å². The summed E-state index contributed by atoms with van der Waals surface area (Å²) < 4.78 is 30.4. The largest absolute Gasteiger partial charge is 0.459 e. The van der Waals surface area contributed by atoms with Crippen LogP contribution in [0, 0.1) is 16.0 Å². The minimum absolute atomic E-state index is 0.0688. The minimum Gasteiger partial charge on any atom is -0.459 e. The first-order chi connectivity index (χ1) is 25.6. The standard InChI is InChI=1S/C40H41NO10S2/c1-27(42)49-36-35(41(45)46)34(39(52-32-20-12-6-13-21-32)53-33-22-14-7-15-23-33)37(50-28(2)43)40(38(36)51-29(3)44,48-25-31-18-10-5-11-19-31)26-47-24-30-16-8-4-9-17-30/h4-23,34-39H,24-26H2,1-3H3/t34-,35-,36+,37-,38+,40+/m1/s1. The lowest BCUT2D eigenvalue weighted by molar-refractivity contribution is -0.557. The van der Waals surface area contributed by atoms with Crippen LogP contribution in [0.1, 0.15) is 31.9 Å². The van der Waals surface area contributed by atoms with Gasteiger partial charge in [0.15, 0.2) is 11.7 Å². The summed E-state index contributed by atoms with van der Waals surface area (Å²) in [6.07, 6.45) is -4.80. The van der Waals surface area contributed by atoms with Crippen molar-refractivity contribution in [1.29, 1.82) is 0 Å². The van der Waals surface area contributed by atoms with E-state index in [0.717, 1.165) is 29.2 Å². The number of esters is 3. The molecule has 0 spiro atoms. The number of hydrogen-bond donors (Lipinski definition) is 0. The fourth-order valence-corrected chi connectivity index (χ4v) is 9.39. The van der Waals surface area contributed by atoms with Crippen LogP contribution in [-0.2, 0) is 51.3 Å². The summed E-state index contributed by atoms with van der Waals surface area (Å²) in [5, 5.41) is 13.5. The smallest absolute Gasteiger partial charge is 0.303 e. The predicted molar refractivity (Wildman–Crippen MR) is 199 cm³/mol. The number of benzene rings is 4. The molecule has 0 amide bonds. The molecule has 53 heavy (non-hydrogen) atoms. The monoisotopic (exact) mass is 759 g/mol. The number of thioether (sulfide) groups is 2. The fraction of sp³-hybridized carbons (Fsp3) is 0.325. The summed E-state index contributed by atoms with van der Waals surface area (Å²) in [5.74, 6) is -3.64. The summed E-state index contributed by atoms with van der Waals surface area (Å²) in [6, 6.07) is 35.3. The van der Waals surface area contributed by atoms with Crippen molar-refractivity contribution in [2.75, 3.05) is 6.61 Å². The molecule has 6 atom stereocenters. The SMILES string of the molecule is CC(=O)O[C@H]1[C@H]([N+](=O)[O-])[C@@H](C(Sc2ccccc2)Sc2ccccc2)[C@@H](OC(C)=O)[C@](COCc2ccccc2)(OCc2ccccc2)[C@H]1OC(C)=O. The maximum absolute atomic E-state index is 13.5. The first-order valence-electron chi connectivity index (χ1n) is 17.0. The van der Waals surface area contributed by atoms with Crippen molar-refractivity contribution >= 4 is 41.4 Å². The van der Waals surface area contributed by atoms with Crippen molar-refractivity contribution in [2.24, 2.45) is 5.92 Å². The van der Waals surface area contributed by atoms with Gasteiger partial charge in [0.25, 0.3) is 6.04 Å². The van der Waals surface area contributed by atoms with E-state index in [2.05, 4.69) is 0 Å². The minimum atomic E-state index is -1.94. The second-order valence-electron chi connectivity index (χ2n) is 12.4. The van der Waals surface area contributed by atoms with Crippen molar-refractivity contribution in [3.63, 3.8) is 0 Å². The molecule has 0 aromatic heterocycles. The van der Waals surface area contributed by atoms with Crippen LogP contribution in [0.4, 0.5) is 0 Å². The molecule has 1 fully saturated rings. The Morgan fingerprint density at radius 2 is 1.09 bits per heavy atom. The third-order valence-corrected chi connectivity index (χ3v) is 11.3. The highest BCUT2D eigenvalue weighted by molar-refractivity contribution is 8.17. The van der Waals surface area contributed by atoms with Crippen LogP contribution in [0.3, 0.4) is 0 Å². The number of rotatable bonds is 16. The van der Waals surface area contributed by atoms with Gasteiger partial charge in [0, 0.05) is 35.5 Å². The van der Waals surface area contributed by atoms with Crippen molar-refractivity contribution in [3.05, 3.63) is 143 Å². The van der Waals surface area contributed by atoms with Gasteiger partial charge in [0.05, 0.1) is 30.3 Å². The molecule has 0 heterocycles. The average Bonchev–Trinajstić information content (AvgIpc) is 3.14. The number of nitro groups is 1. The van der Waals surface area contributed by atoms with Crippen molar-refractivity contribution in [2.45, 2.75) is 78.3 Å². The summed E-state index contributed by atoms with van der Waals surface area (Å²) in [7, 11) is 0. The Morgan fingerprint density at radius 1 is 0.660 bits per heavy atom. The molecule has 1 aliphatic rings. The van der Waals surface area contributed by atoms with Gasteiger partial charge in [-0.1, -0.05) is 97.1 Å². The first kappa shape index (κ1) is 39.5. The summed E-state index contributed by atoms with van der Waals surface area (Å²) >= 11 is 2.67. The van der Waals surface area contributed by atoms with E-state index < -0.39 is 63.3 Å². The number of carbonyl (C=O) groups is 3. The summed E-state index contributed by atoms with van der Waals surface area (Å²) in [6.45, 7) is 3.07. The van der Waals surface area contributed by atoms with Crippen LogP contribution in [0.5, 0.6) is 0 Å². The van der Waals surface area contributed by atoms with E-state index in [-0.39, 0.29) is 19.8 Å². The van der Waals surface area contributed by atoms with Crippen LogP contribution in [-0.4, -0.2) is 64.0 Å². The topological polar surface area (TPSA) is 141 Å². The lowest BCUT2D eigenvalue weighted by atomic mass is 9.69. The molecule has 4 aromatic rings. The molecule has 0 aliphatic heterocycles. The van der Waals surface area contributed by atoms with Crippen LogP contribution in [0.15, 0.2) is 131 Å². The summed E-state index contributed by atoms with van der Waals surface area (Å²) in [5.41, 5.74) is -0.418. The molecule has 1 saturated carbocycles. The quantitative estimate of drug-likeness (QED) is 0.0286. The molecular weight excluding hydrogens is 719 g/mol. The Kier molecular flexibility index (Phi) is 14.1. The predicted octanol–water partition coefficient (Wildman–Crippen LogP) is 7.14. The van der Waals surface area contributed by atoms with E-state index in [1.54, 1.807) is 0 Å². The number of ether oxygens (including phenoxy) is 5. The molecule has 4 aromatic carbocycles. The van der Waals surface area contributed by atoms with Gasteiger partial charge in [-0.3, -0.25) is 24.5 Å². The van der Waals surface area contributed by atoms with Crippen LogP contribution in [0.2, 0.25) is 0 Å². The first-order valence-corrected chi connectivity index (χ1v) is 18.7. The number of carbonyl (C=O) groups excluding carboxylic acids is 3. The van der Waals surface area contributed by atoms with E-state index in [1.165, 1.54) is 30.4 Å². The Bertz CT molecular complexity index is 1760. The molecule has 0 bridgehead atoms. The zero-order valence-electron chi connectivity index (χ0n) is 29.5. The molecule has 0 unspecified atom stereocenters. The van der Waals surface area contributed by atoms with Gasteiger partial charge in [-0.2, -0.15) is 0 Å². The lowest BCUT2D eigenvalue weighted by Crippen LogP contribution is -2.75. The zero-order chi connectivity index (χ0) is 37.8. The van der Waals surface area contributed by atoms with Gasteiger partial charge in [-0.25, -0.2) is 0 Å². The van der Waals surface area contributed by atoms with Crippen LogP contribution >= 0.6 is 23.5 Å². The number of hydrogen-bond acceptors (Lipinski definition) is 12. The molecule has 0 radical (unpaired) electrons. The van der Waals surface area contributed by atoms with E-state index in [0.29, 0.717) is 5.56 Å². The van der Waals surface area contributed by atoms with Gasteiger partial charge in [0.1, 0.15) is 6.10 Å². The highest BCUT2D eigenvalue weighted by Crippen LogP contribution is 2.51. The highest BCUT2D eigenvalue weighted by atomic mass is 32.2. The van der Waals surface area contributed by atoms with Crippen LogP contribution < -0.4 is 0 Å². The molecular formula is C40H41NO10S2. The maximum Gasteiger partial charge on any atom is 0.303 e. The van der Waals surface area contributed by atoms with Gasteiger partial charge in [-0.15, -0.1) is 23.5 Å². The van der Waals surface area contributed by atoms with Gasteiger partial charge < -0.3 is 23.7 Å². The average molecular weight is 760 g/mol. The van der Waals surface area contributed by atoms with E-state index in [9.17, 15) is 24.5 Å². The van der Waals surface area contributed by atoms with Gasteiger partial charge in [0.2, 0.25) is 6.10 Å². The molecule has 11 nitrogen and oxygen atoms in total. The second-order valence-corrected chi connectivity index (χ2v) is 15.2. The molecule has 0 N–H and O–H groups in total. The summed E-state index contributed by atoms with van der Waals surface area (Å²) in [4.78, 5) is 53.5. The zero-order valence-corrected chi connectivity index (χ0v) is 31.1. The Balaban J connectivity index is 1.76. The molecule has 13 heteroatoms. The molecule has 5 rings (SSSR count). The third kappa shape index (κ3) is 10.5. The maximum atomic E-state index is 13.5. The normalized spacial score (nSPS) is 22.5.